The van der Waals surface area contributed by atoms with Crippen LogP contribution in [0.25, 0.3) is 0 Å². The van der Waals surface area contributed by atoms with Crippen LogP contribution in [0.15, 0.2) is 24.3 Å². The van der Waals surface area contributed by atoms with Crippen molar-refractivity contribution >= 4 is 5.91 Å². The number of carbonyl (C=O) groups is 1. The van der Waals surface area contributed by atoms with E-state index in [1.54, 1.807) is 0 Å². The predicted molar refractivity (Wildman–Crippen MR) is 77.8 cm³/mol. The van der Waals surface area contributed by atoms with Crippen molar-refractivity contribution in [1.29, 1.82) is 0 Å². The highest BCUT2D eigenvalue weighted by atomic mass is 16.5. The summed E-state index contributed by atoms with van der Waals surface area (Å²) in [5.74, 6) is 1.68. The number of benzene rings is 1. The van der Waals surface area contributed by atoms with Crippen LogP contribution in [-0.2, 0) is 11.2 Å². The van der Waals surface area contributed by atoms with Gasteiger partial charge in [-0.05, 0) is 43.4 Å². The molecule has 2 heterocycles. The minimum Gasteiger partial charge on any atom is -0.491 e. The van der Waals surface area contributed by atoms with Crippen molar-refractivity contribution in [3.8, 4) is 5.75 Å². The first kappa shape index (κ1) is 13.4. The van der Waals surface area contributed by atoms with Gasteiger partial charge in [-0.25, -0.2) is 0 Å². The van der Waals surface area contributed by atoms with E-state index in [0.717, 1.165) is 31.6 Å². The third kappa shape index (κ3) is 2.96. The lowest BCUT2D eigenvalue weighted by Crippen LogP contribution is -2.53. The number of ether oxygens (including phenoxy) is 1. The zero-order chi connectivity index (χ0) is 13.9. The Balaban J connectivity index is 1.58. The predicted octanol–water partition coefficient (Wildman–Crippen LogP) is 1.49. The van der Waals surface area contributed by atoms with Crippen molar-refractivity contribution in [2.24, 2.45) is 5.92 Å². The summed E-state index contributed by atoms with van der Waals surface area (Å²) in [7, 11) is 0. The Labute approximate surface area is 119 Å². The molecule has 4 heteroatoms. The summed E-state index contributed by atoms with van der Waals surface area (Å²) < 4.78 is 5.71. The molecule has 1 aromatic rings. The van der Waals surface area contributed by atoms with E-state index in [2.05, 4.69) is 23.6 Å². The van der Waals surface area contributed by atoms with Crippen molar-refractivity contribution in [3.05, 3.63) is 29.8 Å². The SMILES string of the molecule is CC1CCNC(C(=O)NC2COc3ccccc3C2)C1. The average Bonchev–Trinajstić information content (AvgIpc) is 2.47. The van der Waals surface area contributed by atoms with Crippen molar-refractivity contribution in [1.82, 2.24) is 10.6 Å². The van der Waals surface area contributed by atoms with Gasteiger partial charge in [-0.1, -0.05) is 25.1 Å². The van der Waals surface area contributed by atoms with Crippen LogP contribution in [0.4, 0.5) is 0 Å². The number of hydrogen-bond donors (Lipinski definition) is 2. The zero-order valence-corrected chi connectivity index (χ0v) is 11.9. The molecule has 2 N–H and O–H groups in total. The number of para-hydroxylation sites is 1. The lowest BCUT2D eigenvalue weighted by atomic mass is 9.93. The average molecular weight is 274 g/mol. The summed E-state index contributed by atoms with van der Waals surface area (Å²) in [6.07, 6.45) is 2.93. The number of amides is 1. The lowest BCUT2D eigenvalue weighted by molar-refractivity contribution is -0.125. The van der Waals surface area contributed by atoms with Crippen LogP contribution in [0, 0.1) is 5.92 Å². The number of nitrogens with one attached hydrogen (secondary N) is 2. The molecule has 0 aromatic heterocycles. The van der Waals surface area contributed by atoms with Crippen LogP contribution in [0.5, 0.6) is 5.75 Å². The van der Waals surface area contributed by atoms with Crippen molar-refractivity contribution < 1.29 is 9.53 Å². The first-order valence-electron chi connectivity index (χ1n) is 7.47. The molecule has 0 bridgehead atoms. The Bertz CT molecular complexity index is 489. The van der Waals surface area contributed by atoms with E-state index in [1.807, 2.05) is 18.2 Å². The molecule has 1 amide bonds. The fourth-order valence-corrected chi connectivity index (χ4v) is 3.03. The van der Waals surface area contributed by atoms with Gasteiger partial charge in [-0.3, -0.25) is 4.79 Å². The van der Waals surface area contributed by atoms with E-state index >= 15 is 0 Å². The van der Waals surface area contributed by atoms with E-state index in [1.165, 1.54) is 5.56 Å². The molecule has 3 rings (SSSR count). The van der Waals surface area contributed by atoms with Crippen molar-refractivity contribution in [2.75, 3.05) is 13.2 Å². The van der Waals surface area contributed by atoms with Gasteiger partial charge in [0.05, 0.1) is 12.1 Å². The van der Waals surface area contributed by atoms with Gasteiger partial charge in [0.1, 0.15) is 12.4 Å². The molecule has 20 heavy (non-hydrogen) atoms. The third-order valence-electron chi connectivity index (χ3n) is 4.21. The minimum atomic E-state index is -0.0454. The molecule has 1 saturated heterocycles. The molecule has 108 valence electrons. The van der Waals surface area contributed by atoms with E-state index in [-0.39, 0.29) is 18.0 Å². The number of carbonyl (C=O) groups excluding carboxylic acids is 1. The van der Waals surface area contributed by atoms with Crippen LogP contribution in [0.2, 0.25) is 0 Å². The Kier molecular flexibility index (Phi) is 3.92. The quantitative estimate of drug-likeness (QED) is 0.859. The van der Waals surface area contributed by atoms with Crippen LogP contribution < -0.4 is 15.4 Å². The molecule has 0 aliphatic carbocycles. The first-order chi connectivity index (χ1) is 9.72. The molecule has 3 atom stereocenters. The smallest absolute Gasteiger partial charge is 0.237 e. The van der Waals surface area contributed by atoms with Crippen molar-refractivity contribution in [3.63, 3.8) is 0 Å². The van der Waals surface area contributed by atoms with Gasteiger partial charge in [-0.2, -0.15) is 0 Å². The minimum absolute atomic E-state index is 0.0454. The number of fused-ring (bicyclic) bond motifs is 1. The Morgan fingerprint density at radius 2 is 2.25 bits per heavy atom. The maximum absolute atomic E-state index is 12.3. The Morgan fingerprint density at radius 1 is 1.40 bits per heavy atom. The lowest BCUT2D eigenvalue weighted by Gasteiger charge is -2.31. The van der Waals surface area contributed by atoms with E-state index in [0.29, 0.717) is 12.5 Å². The van der Waals surface area contributed by atoms with Crippen LogP contribution in [0.3, 0.4) is 0 Å². The highest BCUT2D eigenvalue weighted by molar-refractivity contribution is 5.82. The standard InChI is InChI=1S/C16H22N2O2/c1-11-6-7-17-14(8-11)16(19)18-13-9-12-4-2-3-5-15(12)20-10-13/h2-5,11,13-14,17H,6-10H2,1H3,(H,18,19). The summed E-state index contributed by atoms with van der Waals surface area (Å²) in [6.45, 7) is 3.70. The maximum atomic E-state index is 12.3. The van der Waals surface area contributed by atoms with Gasteiger partial charge < -0.3 is 15.4 Å². The van der Waals surface area contributed by atoms with Gasteiger partial charge in [0.2, 0.25) is 5.91 Å². The second-order valence-electron chi connectivity index (χ2n) is 5.96. The summed E-state index contributed by atoms with van der Waals surface area (Å²) in [4.78, 5) is 12.3. The van der Waals surface area contributed by atoms with Gasteiger partial charge in [0.15, 0.2) is 0 Å². The van der Waals surface area contributed by atoms with Crippen LogP contribution in [-0.4, -0.2) is 31.1 Å². The molecule has 4 nitrogen and oxygen atoms in total. The van der Waals surface area contributed by atoms with Gasteiger partial charge in [0.25, 0.3) is 0 Å². The highest BCUT2D eigenvalue weighted by Gasteiger charge is 2.28. The Hall–Kier alpha value is -1.55. The van der Waals surface area contributed by atoms with E-state index in [9.17, 15) is 4.79 Å². The molecular formula is C16H22N2O2. The van der Waals surface area contributed by atoms with Crippen LogP contribution >= 0.6 is 0 Å². The Morgan fingerprint density at radius 3 is 3.10 bits per heavy atom. The first-order valence-corrected chi connectivity index (χ1v) is 7.47. The summed E-state index contributed by atoms with van der Waals surface area (Å²) in [5.41, 5.74) is 1.18. The van der Waals surface area contributed by atoms with Gasteiger partial charge in [0, 0.05) is 0 Å². The summed E-state index contributed by atoms with van der Waals surface area (Å²) in [5, 5.41) is 6.43. The number of hydrogen-bond acceptors (Lipinski definition) is 3. The topological polar surface area (TPSA) is 50.4 Å². The van der Waals surface area contributed by atoms with Crippen LogP contribution in [0.1, 0.15) is 25.3 Å². The molecule has 0 spiro atoms. The number of rotatable bonds is 2. The molecule has 2 aliphatic rings. The van der Waals surface area contributed by atoms with E-state index in [4.69, 9.17) is 4.74 Å². The molecule has 1 aromatic carbocycles. The highest BCUT2D eigenvalue weighted by Crippen LogP contribution is 2.24. The molecule has 2 aliphatic heterocycles. The largest absolute Gasteiger partial charge is 0.491 e. The normalized spacial score (nSPS) is 29.1. The second kappa shape index (κ2) is 5.83. The fourth-order valence-electron chi connectivity index (χ4n) is 3.03. The molecule has 1 fully saturated rings. The second-order valence-corrected chi connectivity index (χ2v) is 5.96. The van der Waals surface area contributed by atoms with Crippen molar-refractivity contribution in [2.45, 2.75) is 38.3 Å². The summed E-state index contributed by atoms with van der Waals surface area (Å²) in [6, 6.07) is 8.07. The van der Waals surface area contributed by atoms with Gasteiger partial charge >= 0.3 is 0 Å². The van der Waals surface area contributed by atoms with E-state index < -0.39 is 0 Å². The molecule has 0 radical (unpaired) electrons. The fraction of sp³-hybridized carbons (Fsp3) is 0.562. The molecule has 3 unspecified atom stereocenters. The third-order valence-corrected chi connectivity index (χ3v) is 4.21. The summed E-state index contributed by atoms with van der Waals surface area (Å²) >= 11 is 0. The molecular weight excluding hydrogens is 252 g/mol. The van der Waals surface area contributed by atoms with Gasteiger partial charge in [-0.15, -0.1) is 0 Å². The number of piperidine rings is 1. The maximum Gasteiger partial charge on any atom is 0.237 e. The zero-order valence-electron chi connectivity index (χ0n) is 11.9. The molecule has 0 saturated carbocycles. The monoisotopic (exact) mass is 274 g/mol.